The average molecular weight is 470 g/mol. The van der Waals surface area contributed by atoms with E-state index in [-0.39, 0.29) is 28.0 Å². The van der Waals surface area contributed by atoms with Crippen LogP contribution in [0, 0.1) is 13.8 Å². The van der Waals surface area contributed by atoms with Crippen LogP contribution in [0.15, 0.2) is 58.3 Å². The Hall–Kier alpha value is -1.92. The van der Waals surface area contributed by atoms with Crippen molar-refractivity contribution >= 4 is 38.6 Å². The lowest BCUT2D eigenvalue weighted by Crippen LogP contribution is -2.51. The quantitative estimate of drug-likeness (QED) is 0.437. The van der Waals surface area contributed by atoms with Gasteiger partial charge in [0.1, 0.15) is 6.04 Å². The van der Waals surface area contributed by atoms with E-state index in [4.69, 9.17) is 0 Å². The van der Waals surface area contributed by atoms with E-state index >= 15 is 0 Å². The number of benzene rings is 2. The average Bonchev–Trinajstić information content (AvgIpc) is 3.09. The van der Waals surface area contributed by atoms with E-state index in [1.807, 2.05) is 18.7 Å². The van der Waals surface area contributed by atoms with Crippen LogP contribution < -0.4 is 10.3 Å². The molecule has 1 aliphatic heterocycles. The van der Waals surface area contributed by atoms with Crippen LogP contribution in [0.3, 0.4) is 0 Å². The summed E-state index contributed by atoms with van der Waals surface area (Å²) in [5.74, 6) is -0.766. The summed E-state index contributed by atoms with van der Waals surface area (Å²) in [5, 5.41) is -0.352. The van der Waals surface area contributed by atoms with Gasteiger partial charge in [0.15, 0.2) is 0 Å². The van der Waals surface area contributed by atoms with Gasteiger partial charge in [-0.15, -0.1) is 4.83 Å². The number of carbonyl (C=O) groups is 1. The zero-order chi connectivity index (χ0) is 22.1. The number of hydrazine groups is 1. The van der Waals surface area contributed by atoms with Crippen molar-refractivity contribution < 1.29 is 21.6 Å². The van der Waals surface area contributed by atoms with Gasteiger partial charge in [-0.25, -0.2) is 16.8 Å². The van der Waals surface area contributed by atoms with Crippen molar-refractivity contribution in [1.29, 1.82) is 0 Å². The van der Waals surface area contributed by atoms with E-state index < -0.39 is 32.0 Å². The van der Waals surface area contributed by atoms with E-state index in [1.54, 1.807) is 24.3 Å². The van der Waals surface area contributed by atoms with Crippen molar-refractivity contribution in [3.63, 3.8) is 0 Å². The standard InChI is InChI=1S/C19H23N3O5S3/c1-13-3-7-16(8-4-13)29(24,25)21-20-19(23)18-11-15(28)12-22(18)30(26,27)17-9-5-14(2)6-10-17/h3-10,15,18,21,28H,11-12H2,1-2H3,(H,20,23)/t15-,18+/m1/s1. The Labute approximate surface area is 182 Å². The third-order valence-electron chi connectivity index (χ3n) is 4.80. The molecule has 1 saturated heterocycles. The van der Waals surface area contributed by atoms with Crippen LogP contribution in [-0.4, -0.2) is 44.9 Å². The molecule has 162 valence electrons. The van der Waals surface area contributed by atoms with Crippen molar-refractivity contribution in [2.24, 2.45) is 0 Å². The Morgan fingerprint density at radius 2 is 1.43 bits per heavy atom. The first-order valence-electron chi connectivity index (χ1n) is 9.15. The normalized spacial score (nSPS) is 20.2. The number of hydrogen-bond donors (Lipinski definition) is 3. The van der Waals surface area contributed by atoms with Gasteiger partial charge in [-0.3, -0.25) is 10.2 Å². The lowest BCUT2D eigenvalue weighted by molar-refractivity contribution is -0.124. The minimum Gasteiger partial charge on any atom is -0.276 e. The molecule has 0 aliphatic carbocycles. The summed E-state index contributed by atoms with van der Waals surface area (Å²) in [4.78, 5) is 14.8. The Kier molecular flexibility index (Phi) is 6.58. The third-order valence-corrected chi connectivity index (χ3v) is 8.33. The number of nitrogens with one attached hydrogen (secondary N) is 2. The second-order valence-corrected chi connectivity index (χ2v) is 11.5. The van der Waals surface area contributed by atoms with E-state index in [9.17, 15) is 21.6 Å². The van der Waals surface area contributed by atoms with E-state index in [2.05, 4.69) is 18.1 Å². The molecule has 11 heteroatoms. The molecule has 1 fully saturated rings. The van der Waals surface area contributed by atoms with Crippen LogP contribution in [0.25, 0.3) is 0 Å². The van der Waals surface area contributed by atoms with Crippen molar-refractivity contribution in [2.75, 3.05) is 6.54 Å². The Morgan fingerprint density at radius 3 is 1.97 bits per heavy atom. The highest BCUT2D eigenvalue weighted by Crippen LogP contribution is 2.29. The predicted molar refractivity (Wildman–Crippen MR) is 116 cm³/mol. The van der Waals surface area contributed by atoms with Gasteiger partial charge in [-0.05, 0) is 44.5 Å². The van der Waals surface area contributed by atoms with Gasteiger partial charge in [0.2, 0.25) is 10.0 Å². The molecule has 30 heavy (non-hydrogen) atoms. The van der Waals surface area contributed by atoms with E-state index in [0.717, 1.165) is 15.4 Å². The molecular weight excluding hydrogens is 446 g/mol. The maximum Gasteiger partial charge on any atom is 0.257 e. The summed E-state index contributed by atoms with van der Waals surface area (Å²) in [6, 6.07) is 11.3. The number of carbonyl (C=O) groups excluding carboxylic acids is 1. The zero-order valence-corrected chi connectivity index (χ0v) is 19.0. The molecule has 1 heterocycles. The topological polar surface area (TPSA) is 113 Å². The summed E-state index contributed by atoms with van der Waals surface area (Å²) in [6.07, 6.45) is 0.159. The molecule has 2 aromatic rings. The molecule has 8 nitrogen and oxygen atoms in total. The molecule has 2 N–H and O–H groups in total. The first-order chi connectivity index (χ1) is 14.0. The maximum atomic E-state index is 13.0. The Bertz CT molecular complexity index is 1130. The summed E-state index contributed by atoms with van der Waals surface area (Å²) < 4.78 is 51.9. The Balaban J connectivity index is 1.77. The summed E-state index contributed by atoms with van der Waals surface area (Å²) in [5.41, 5.74) is 3.94. The minimum atomic E-state index is -3.99. The second kappa shape index (κ2) is 8.67. The lowest BCUT2D eigenvalue weighted by atomic mass is 10.2. The fourth-order valence-electron chi connectivity index (χ4n) is 3.11. The van der Waals surface area contributed by atoms with Gasteiger partial charge < -0.3 is 0 Å². The molecule has 3 rings (SSSR count). The highest BCUT2D eigenvalue weighted by Gasteiger charge is 2.43. The van der Waals surface area contributed by atoms with Crippen molar-refractivity contribution in [3.05, 3.63) is 59.7 Å². The number of hydrogen-bond acceptors (Lipinski definition) is 6. The number of nitrogens with zero attached hydrogens (tertiary/aromatic N) is 1. The molecule has 0 unspecified atom stereocenters. The van der Waals surface area contributed by atoms with E-state index in [1.165, 1.54) is 24.3 Å². The summed E-state index contributed by atoms with van der Waals surface area (Å²) >= 11 is 4.33. The van der Waals surface area contributed by atoms with Gasteiger partial charge in [0.05, 0.1) is 9.79 Å². The molecule has 1 aliphatic rings. The molecular formula is C19H23N3O5S3. The number of rotatable bonds is 6. The fraction of sp³-hybridized carbons (Fsp3) is 0.316. The monoisotopic (exact) mass is 469 g/mol. The fourth-order valence-corrected chi connectivity index (χ4v) is 6.09. The van der Waals surface area contributed by atoms with Crippen LogP contribution in [-0.2, 0) is 24.8 Å². The van der Waals surface area contributed by atoms with Gasteiger partial charge in [-0.2, -0.15) is 16.9 Å². The van der Waals surface area contributed by atoms with Crippen LogP contribution in [0.2, 0.25) is 0 Å². The van der Waals surface area contributed by atoms with Crippen molar-refractivity contribution in [3.8, 4) is 0 Å². The number of thiol groups is 1. The third kappa shape index (κ3) is 4.86. The van der Waals surface area contributed by atoms with Crippen LogP contribution in [0.5, 0.6) is 0 Å². The molecule has 0 spiro atoms. The highest BCUT2D eigenvalue weighted by molar-refractivity contribution is 7.89. The van der Waals surface area contributed by atoms with Crippen LogP contribution in [0.1, 0.15) is 17.5 Å². The maximum absolute atomic E-state index is 13.0. The summed E-state index contributed by atoms with van der Waals surface area (Å²) in [6.45, 7) is 3.71. The highest BCUT2D eigenvalue weighted by atomic mass is 32.2. The van der Waals surface area contributed by atoms with Crippen LogP contribution in [0.4, 0.5) is 0 Å². The number of aryl methyl sites for hydroxylation is 2. The molecule has 2 aromatic carbocycles. The van der Waals surface area contributed by atoms with Crippen molar-refractivity contribution in [2.45, 2.75) is 41.4 Å². The first kappa shape index (κ1) is 22.8. The first-order valence-corrected chi connectivity index (χ1v) is 12.6. The molecule has 0 aromatic heterocycles. The second-order valence-electron chi connectivity index (χ2n) is 7.20. The molecule has 0 bridgehead atoms. The van der Waals surface area contributed by atoms with Crippen molar-refractivity contribution in [1.82, 2.24) is 14.6 Å². The van der Waals surface area contributed by atoms with Gasteiger partial charge >= 0.3 is 0 Å². The summed E-state index contributed by atoms with van der Waals surface area (Å²) in [7, 11) is -7.94. The smallest absolute Gasteiger partial charge is 0.257 e. The molecule has 0 saturated carbocycles. The molecule has 2 atom stereocenters. The lowest BCUT2D eigenvalue weighted by Gasteiger charge is -2.23. The minimum absolute atomic E-state index is 0.0176. The zero-order valence-electron chi connectivity index (χ0n) is 16.4. The van der Waals surface area contributed by atoms with Gasteiger partial charge in [0.25, 0.3) is 15.9 Å². The number of sulfonamides is 2. The predicted octanol–water partition coefficient (Wildman–Crippen LogP) is 1.37. The number of amides is 1. The largest absolute Gasteiger partial charge is 0.276 e. The Morgan fingerprint density at radius 1 is 0.933 bits per heavy atom. The SMILES string of the molecule is Cc1ccc(S(=O)(=O)NNC(=O)[C@@H]2C[C@@H](S)CN2S(=O)(=O)c2ccc(C)cc2)cc1. The molecule has 0 radical (unpaired) electrons. The van der Waals surface area contributed by atoms with Crippen LogP contribution >= 0.6 is 12.6 Å². The van der Waals surface area contributed by atoms with Gasteiger partial charge in [0, 0.05) is 11.8 Å². The molecule has 1 amide bonds. The van der Waals surface area contributed by atoms with Gasteiger partial charge in [-0.1, -0.05) is 35.4 Å². The van der Waals surface area contributed by atoms with E-state index in [0.29, 0.717) is 0 Å².